The Labute approximate surface area is 130 Å². The second kappa shape index (κ2) is 5.26. The third-order valence-corrected chi connectivity index (χ3v) is 4.62. The van der Waals surface area contributed by atoms with Crippen molar-refractivity contribution in [3.8, 4) is 0 Å². The Hall–Kier alpha value is -2.12. The van der Waals surface area contributed by atoms with Gasteiger partial charge in [0.1, 0.15) is 11.3 Å². The molecule has 0 unspecified atom stereocenters. The third-order valence-electron chi connectivity index (χ3n) is 2.95. The summed E-state index contributed by atoms with van der Waals surface area (Å²) in [7, 11) is -3.88. The Bertz CT molecular complexity index is 969. The maximum atomic E-state index is 13.1. The van der Waals surface area contributed by atoms with Gasteiger partial charge >= 0.3 is 0 Å². The lowest BCUT2D eigenvalue weighted by Crippen LogP contribution is -2.13. The van der Waals surface area contributed by atoms with Crippen molar-refractivity contribution in [2.75, 3.05) is 4.72 Å². The molecule has 0 aliphatic carbocycles. The monoisotopic (exact) mass is 340 g/mol. The van der Waals surface area contributed by atoms with Gasteiger partial charge in [0.05, 0.1) is 15.6 Å². The van der Waals surface area contributed by atoms with E-state index in [-0.39, 0.29) is 9.92 Å². The minimum absolute atomic E-state index is 0.132. The zero-order chi connectivity index (χ0) is 15.9. The van der Waals surface area contributed by atoms with Crippen LogP contribution in [0.5, 0.6) is 0 Å². The van der Waals surface area contributed by atoms with Crippen LogP contribution in [0.1, 0.15) is 5.89 Å². The highest BCUT2D eigenvalue weighted by Crippen LogP contribution is 2.24. The fourth-order valence-electron chi connectivity index (χ4n) is 1.96. The lowest BCUT2D eigenvalue weighted by Gasteiger charge is -2.08. The molecular formula is C14H10ClFN2O3S. The van der Waals surface area contributed by atoms with E-state index in [4.69, 9.17) is 16.0 Å². The summed E-state index contributed by atoms with van der Waals surface area (Å²) < 4.78 is 45.4. The van der Waals surface area contributed by atoms with Crippen molar-refractivity contribution in [3.05, 3.63) is 53.1 Å². The Balaban J connectivity index is 1.96. The zero-order valence-corrected chi connectivity index (χ0v) is 12.9. The molecule has 5 nitrogen and oxygen atoms in total. The van der Waals surface area contributed by atoms with E-state index in [9.17, 15) is 12.8 Å². The summed E-state index contributed by atoms with van der Waals surface area (Å²) in [6.07, 6.45) is 0. The van der Waals surface area contributed by atoms with Gasteiger partial charge in [-0.3, -0.25) is 4.72 Å². The first-order valence-corrected chi connectivity index (χ1v) is 8.06. The first-order valence-electron chi connectivity index (χ1n) is 6.20. The second-order valence-corrected chi connectivity index (χ2v) is 6.69. The molecule has 3 aromatic rings. The number of oxazole rings is 1. The number of hydrogen-bond acceptors (Lipinski definition) is 4. The number of benzene rings is 2. The lowest BCUT2D eigenvalue weighted by molar-refractivity contribution is 0.561. The van der Waals surface area contributed by atoms with Gasteiger partial charge in [0.25, 0.3) is 10.0 Å². The van der Waals surface area contributed by atoms with Crippen molar-refractivity contribution < 1.29 is 17.2 Å². The van der Waals surface area contributed by atoms with Crippen LogP contribution in [0.25, 0.3) is 11.1 Å². The Kier molecular flexibility index (Phi) is 3.54. The normalized spacial score (nSPS) is 11.8. The van der Waals surface area contributed by atoms with Crippen LogP contribution in [-0.2, 0) is 10.0 Å². The first-order chi connectivity index (χ1) is 10.3. The molecule has 0 fully saturated rings. The molecule has 1 aromatic heterocycles. The quantitative estimate of drug-likeness (QED) is 0.788. The highest BCUT2D eigenvalue weighted by atomic mass is 35.5. The first kappa shape index (κ1) is 14.8. The summed E-state index contributed by atoms with van der Waals surface area (Å²) in [5, 5.41) is -0.260. The SMILES string of the molecule is Cc1nc2ccc(NS(=O)(=O)c3ccc(F)c(Cl)c3)cc2o1. The number of nitrogens with zero attached hydrogens (tertiary/aromatic N) is 1. The number of anilines is 1. The highest BCUT2D eigenvalue weighted by molar-refractivity contribution is 7.92. The van der Waals surface area contributed by atoms with Crippen LogP contribution in [-0.4, -0.2) is 13.4 Å². The predicted octanol–water partition coefficient (Wildman–Crippen LogP) is 3.73. The largest absolute Gasteiger partial charge is 0.441 e. The van der Waals surface area contributed by atoms with Gasteiger partial charge in [0, 0.05) is 13.0 Å². The number of aryl methyl sites for hydroxylation is 1. The molecule has 0 saturated heterocycles. The molecule has 0 amide bonds. The molecule has 0 atom stereocenters. The van der Waals surface area contributed by atoms with Crippen LogP contribution in [0.2, 0.25) is 5.02 Å². The lowest BCUT2D eigenvalue weighted by atomic mass is 10.3. The summed E-state index contributed by atoms with van der Waals surface area (Å²) in [5.41, 5.74) is 1.41. The number of hydrogen-bond donors (Lipinski definition) is 1. The Morgan fingerprint density at radius 2 is 2.00 bits per heavy atom. The number of fused-ring (bicyclic) bond motifs is 1. The minimum atomic E-state index is -3.88. The molecule has 1 heterocycles. The van der Waals surface area contributed by atoms with E-state index < -0.39 is 15.8 Å². The zero-order valence-electron chi connectivity index (χ0n) is 11.3. The van der Waals surface area contributed by atoms with Crippen molar-refractivity contribution in [2.24, 2.45) is 0 Å². The minimum Gasteiger partial charge on any atom is -0.441 e. The number of aromatic nitrogens is 1. The molecule has 0 saturated carbocycles. The summed E-state index contributed by atoms with van der Waals surface area (Å²) in [5.74, 6) is -0.195. The molecule has 0 spiro atoms. The van der Waals surface area contributed by atoms with E-state index in [1.807, 2.05) is 0 Å². The maximum absolute atomic E-state index is 13.1. The molecule has 2 aromatic carbocycles. The standard InChI is InChI=1S/C14H10ClFN2O3S/c1-8-17-13-5-2-9(6-14(13)21-8)18-22(19,20)10-3-4-12(16)11(15)7-10/h2-7,18H,1H3. The van der Waals surface area contributed by atoms with Crippen molar-refractivity contribution in [2.45, 2.75) is 11.8 Å². The van der Waals surface area contributed by atoms with Gasteiger partial charge in [-0.2, -0.15) is 0 Å². The molecule has 114 valence electrons. The van der Waals surface area contributed by atoms with E-state index >= 15 is 0 Å². The summed E-state index contributed by atoms with van der Waals surface area (Å²) in [6, 6.07) is 7.92. The fraction of sp³-hybridized carbons (Fsp3) is 0.0714. The van der Waals surface area contributed by atoms with Gasteiger partial charge in [-0.25, -0.2) is 17.8 Å². The molecule has 0 bridgehead atoms. The van der Waals surface area contributed by atoms with E-state index in [0.29, 0.717) is 22.7 Å². The van der Waals surface area contributed by atoms with E-state index in [0.717, 1.165) is 18.2 Å². The van der Waals surface area contributed by atoms with E-state index in [1.54, 1.807) is 19.1 Å². The predicted molar refractivity (Wildman–Crippen MR) is 81.0 cm³/mol. The molecule has 22 heavy (non-hydrogen) atoms. The fourth-order valence-corrected chi connectivity index (χ4v) is 3.28. The van der Waals surface area contributed by atoms with Gasteiger partial charge in [-0.05, 0) is 30.3 Å². The highest BCUT2D eigenvalue weighted by Gasteiger charge is 2.16. The number of nitrogens with one attached hydrogen (secondary N) is 1. The van der Waals surface area contributed by atoms with Crippen LogP contribution in [0.3, 0.4) is 0 Å². The molecule has 0 aliphatic heterocycles. The van der Waals surface area contributed by atoms with Crippen LogP contribution >= 0.6 is 11.6 Å². The topological polar surface area (TPSA) is 72.2 Å². The van der Waals surface area contributed by atoms with Crippen molar-refractivity contribution in [1.82, 2.24) is 4.98 Å². The van der Waals surface area contributed by atoms with Gasteiger partial charge in [-0.1, -0.05) is 11.6 Å². The summed E-state index contributed by atoms with van der Waals surface area (Å²) >= 11 is 5.61. The van der Waals surface area contributed by atoms with Crippen LogP contribution in [0.4, 0.5) is 10.1 Å². The average molecular weight is 341 g/mol. The molecule has 8 heteroatoms. The summed E-state index contributed by atoms with van der Waals surface area (Å²) in [6.45, 7) is 1.70. The molecule has 0 aliphatic rings. The van der Waals surface area contributed by atoms with Gasteiger partial charge in [-0.15, -0.1) is 0 Å². The number of rotatable bonds is 3. The van der Waals surface area contributed by atoms with Gasteiger partial charge in [0.2, 0.25) is 0 Å². The smallest absolute Gasteiger partial charge is 0.261 e. The van der Waals surface area contributed by atoms with E-state index in [2.05, 4.69) is 9.71 Å². The van der Waals surface area contributed by atoms with Crippen LogP contribution < -0.4 is 4.72 Å². The van der Waals surface area contributed by atoms with E-state index in [1.165, 1.54) is 6.07 Å². The molecule has 1 N–H and O–H groups in total. The van der Waals surface area contributed by atoms with Crippen LogP contribution in [0, 0.1) is 12.7 Å². The van der Waals surface area contributed by atoms with Crippen molar-refractivity contribution in [1.29, 1.82) is 0 Å². The number of sulfonamides is 1. The van der Waals surface area contributed by atoms with Crippen molar-refractivity contribution >= 4 is 38.4 Å². The summed E-state index contributed by atoms with van der Waals surface area (Å²) in [4.78, 5) is 4.00. The average Bonchev–Trinajstić information content (AvgIpc) is 2.80. The second-order valence-electron chi connectivity index (χ2n) is 4.60. The Morgan fingerprint density at radius 1 is 1.23 bits per heavy atom. The van der Waals surface area contributed by atoms with Crippen molar-refractivity contribution in [3.63, 3.8) is 0 Å². The Morgan fingerprint density at radius 3 is 2.73 bits per heavy atom. The molecule has 3 rings (SSSR count). The van der Waals surface area contributed by atoms with Gasteiger partial charge < -0.3 is 4.42 Å². The third kappa shape index (κ3) is 2.77. The maximum Gasteiger partial charge on any atom is 0.261 e. The molecule has 0 radical (unpaired) electrons. The number of halogens is 2. The molecular weight excluding hydrogens is 331 g/mol. The van der Waals surface area contributed by atoms with Gasteiger partial charge in [0.15, 0.2) is 11.5 Å². The van der Waals surface area contributed by atoms with Crippen LogP contribution in [0.15, 0.2) is 45.7 Å².